The van der Waals surface area contributed by atoms with Crippen LogP contribution in [0.15, 0.2) is 34.9 Å². The molecule has 0 radical (unpaired) electrons. The number of rotatable bonds is 11. The summed E-state index contributed by atoms with van der Waals surface area (Å²) in [5, 5.41) is 7.55. The quantitative estimate of drug-likeness (QED) is 0.175. The minimum atomic E-state index is -2.98. The van der Waals surface area contributed by atoms with Crippen LogP contribution in [0.5, 0.6) is 5.75 Å². The van der Waals surface area contributed by atoms with Gasteiger partial charge in [0.1, 0.15) is 40.6 Å². The van der Waals surface area contributed by atoms with E-state index in [0.717, 1.165) is 0 Å². The third-order valence-corrected chi connectivity index (χ3v) is 9.45. The summed E-state index contributed by atoms with van der Waals surface area (Å²) in [5.41, 5.74) is 1.29. The zero-order valence-electron chi connectivity index (χ0n) is 23.2. The number of ketones is 1. The Morgan fingerprint density at radius 1 is 1.22 bits per heavy atom. The van der Waals surface area contributed by atoms with E-state index < -0.39 is 31.4 Å². The predicted molar refractivity (Wildman–Crippen MR) is 155 cm³/mol. The molecule has 2 amide bonds. The van der Waals surface area contributed by atoms with Crippen molar-refractivity contribution in [1.29, 1.82) is 0 Å². The van der Waals surface area contributed by atoms with Crippen molar-refractivity contribution in [3.05, 3.63) is 46.2 Å². The minimum absolute atomic E-state index is 0.135. The number of hydrogen-bond donors (Lipinski definition) is 1. The van der Waals surface area contributed by atoms with Gasteiger partial charge in [0.25, 0.3) is 0 Å². The largest absolute Gasteiger partial charge is 0.483 e. The summed E-state index contributed by atoms with van der Waals surface area (Å²) in [6, 6.07) is 7.32. The molecule has 1 saturated heterocycles. The summed E-state index contributed by atoms with van der Waals surface area (Å²) in [4.78, 5) is 44.3. The standard InChI is InChI=1S/C27H32BrFN5O6P/c1-5-40-41(38,6-2)15-39-19-8-9-20-21(12-19)34(32-25(20)17(4)35)14-24(36)33-13-18(29)11-22(33)27(37)31-26-16(3)7-10-23(28)30-26/h7-10,12,18,22H,5-6,11,13-15H2,1-4H3,(H,30,31,37)/t18-,22+,41?/m1/s1. The lowest BCUT2D eigenvalue weighted by molar-refractivity contribution is -0.137. The number of anilines is 1. The van der Waals surface area contributed by atoms with Crippen LogP contribution in [-0.2, 0) is 25.2 Å². The molecule has 3 aromatic rings. The van der Waals surface area contributed by atoms with Crippen LogP contribution in [0.25, 0.3) is 10.9 Å². The number of Topliss-reactive ketones (excluding diaryl/α,β-unsaturated/α-hetero) is 1. The van der Waals surface area contributed by atoms with E-state index in [1.165, 1.54) is 16.5 Å². The van der Waals surface area contributed by atoms with Crippen LogP contribution >= 0.6 is 23.3 Å². The lowest BCUT2D eigenvalue weighted by Gasteiger charge is -2.24. The van der Waals surface area contributed by atoms with E-state index in [2.05, 4.69) is 31.3 Å². The molecule has 14 heteroatoms. The molecular weight excluding hydrogens is 620 g/mol. The van der Waals surface area contributed by atoms with Gasteiger partial charge in [0.2, 0.25) is 19.2 Å². The van der Waals surface area contributed by atoms with Crippen molar-refractivity contribution < 1.29 is 32.6 Å². The van der Waals surface area contributed by atoms with Crippen LogP contribution in [0.4, 0.5) is 10.2 Å². The predicted octanol–water partition coefficient (Wildman–Crippen LogP) is 4.95. The van der Waals surface area contributed by atoms with E-state index in [1.54, 1.807) is 51.1 Å². The van der Waals surface area contributed by atoms with Crippen LogP contribution in [0.3, 0.4) is 0 Å². The Hall–Kier alpha value is -3.15. The number of carbonyl (C=O) groups is 3. The lowest BCUT2D eigenvalue weighted by atomic mass is 10.1. The van der Waals surface area contributed by atoms with Crippen molar-refractivity contribution in [2.45, 2.75) is 52.9 Å². The summed E-state index contributed by atoms with van der Waals surface area (Å²) in [7, 11) is -2.98. The van der Waals surface area contributed by atoms with Crippen molar-refractivity contribution in [2.75, 3.05) is 31.0 Å². The number of ether oxygens (including phenoxy) is 1. The number of nitrogens with zero attached hydrogens (tertiary/aromatic N) is 4. The van der Waals surface area contributed by atoms with Gasteiger partial charge < -0.3 is 19.5 Å². The Balaban J connectivity index is 1.58. The maximum absolute atomic E-state index is 14.5. The second kappa shape index (κ2) is 12.8. The van der Waals surface area contributed by atoms with E-state index in [4.69, 9.17) is 9.26 Å². The van der Waals surface area contributed by atoms with Gasteiger partial charge in [0.15, 0.2) is 12.1 Å². The third-order valence-electron chi connectivity index (χ3n) is 6.79. The average Bonchev–Trinajstić information content (AvgIpc) is 3.50. The van der Waals surface area contributed by atoms with Crippen LogP contribution in [-0.4, -0.2) is 75.1 Å². The smallest absolute Gasteiger partial charge is 0.248 e. The van der Waals surface area contributed by atoms with Crippen molar-refractivity contribution in [3.8, 4) is 5.75 Å². The van der Waals surface area contributed by atoms with Gasteiger partial charge in [-0.05, 0) is 53.5 Å². The van der Waals surface area contributed by atoms with E-state index in [0.29, 0.717) is 45.4 Å². The van der Waals surface area contributed by atoms with Gasteiger partial charge in [-0.25, -0.2) is 9.37 Å². The fourth-order valence-electron chi connectivity index (χ4n) is 4.61. The molecule has 220 valence electrons. The molecule has 1 fully saturated rings. The van der Waals surface area contributed by atoms with E-state index in [-0.39, 0.29) is 37.3 Å². The van der Waals surface area contributed by atoms with Gasteiger partial charge in [0.05, 0.1) is 18.7 Å². The highest BCUT2D eigenvalue weighted by atomic mass is 79.9. The van der Waals surface area contributed by atoms with Gasteiger partial charge in [-0.3, -0.25) is 23.6 Å². The SMILES string of the molecule is CCOP(=O)(CC)COc1ccc2c(C(C)=O)nn(CC(=O)N3C[C@H](F)C[C@H]3C(=O)Nc3nc(Br)ccc3C)c2c1. The van der Waals surface area contributed by atoms with Crippen molar-refractivity contribution in [2.24, 2.45) is 0 Å². The number of pyridine rings is 1. The van der Waals surface area contributed by atoms with E-state index in [9.17, 15) is 23.3 Å². The van der Waals surface area contributed by atoms with Gasteiger partial charge in [0, 0.05) is 31.0 Å². The normalized spacial score (nSPS) is 18.3. The van der Waals surface area contributed by atoms with E-state index >= 15 is 0 Å². The first-order valence-electron chi connectivity index (χ1n) is 13.2. The number of nitrogens with one attached hydrogen (secondary N) is 1. The third kappa shape index (κ3) is 7.02. The molecule has 41 heavy (non-hydrogen) atoms. The Morgan fingerprint density at radius 2 is 1.98 bits per heavy atom. The zero-order valence-corrected chi connectivity index (χ0v) is 25.7. The van der Waals surface area contributed by atoms with Crippen molar-refractivity contribution in [1.82, 2.24) is 19.7 Å². The Labute approximate surface area is 245 Å². The van der Waals surface area contributed by atoms with Gasteiger partial charge >= 0.3 is 0 Å². The molecule has 4 rings (SSSR count). The molecule has 1 aliphatic heterocycles. The maximum Gasteiger partial charge on any atom is 0.248 e. The zero-order chi connectivity index (χ0) is 29.9. The molecule has 1 unspecified atom stereocenters. The molecular formula is C27H32BrFN5O6P. The number of aryl methyl sites for hydroxylation is 1. The Kier molecular flexibility index (Phi) is 9.61. The van der Waals surface area contributed by atoms with Crippen LogP contribution in [0.2, 0.25) is 0 Å². The average molecular weight is 652 g/mol. The lowest BCUT2D eigenvalue weighted by Crippen LogP contribution is -2.44. The molecule has 0 saturated carbocycles. The summed E-state index contributed by atoms with van der Waals surface area (Å²) in [6.07, 6.45) is -1.36. The first-order chi connectivity index (χ1) is 19.4. The minimum Gasteiger partial charge on any atom is -0.483 e. The molecule has 3 heterocycles. The van der Waals surface area contributed by atoms with Crippen LogP contribution < -0.4 is 10.1 Å². The second-order valence-electron chi connectivity index (χ2n) is 9.75. The molecule has 3 atom stereocenters. The summed E-state index contributed by atoms with van der Waals surface area (Å²) in [6.45, 7) is 6.35. The number of benzene rings is 1. The Morgan fingerprint density at radius 3 is 2.66 bits per heavy atom. The summed E-state index contributed by atoms with van der Waals surface area (Å²) >= 11 is 3.27. The topological polar surface area (TPSA) is 133 Å². The number of amides is 2. The summed E-state index contributed by atoms with van der Waals surface area (Å²) < 4.78 is 40.4. The number of halogens is 2. The van der Waals surface area contributed by atoms with E-state index in [1.807, 2.05) is 0 Å². The first kappa shape index (κ1) is 30.8. The molecule has 2 aromatic heterocycles. The molecule has 1 aliphatic rings. The highest BCUT2D eigenvalue weighted by molar-refractivity contribution is 9.10. The molecule has 1 N–H and O–H groups in total. The first-order valence-corrected chi connectivity index (χ1v) is 16.0. The van der Waals surface area contributed by atoms with Gasteiger partial charge in [-0.2, -0.15) is 5.10 Å². The summed E-state index contributed by atoms with van der Waals surface area (Å²) in [5.74, 6) is -0.726. The number of fused-ring (bicyclic) bond motifs is 1. The van der Waals surface area contributed by atoms with Crippen LogP contribution in [0.1, 0.15) is 43.2 Å². The number of alkyl halides is 1. The highest BCUT2D eigenvalue weighted by Gasteiger charge is 2.40. The fourth-order valence-corrected chi connectivity index (χ4v) is 6.18. The fraction of sp³-hybridized carbons (Fsp3) is 0.444. The van der Waals surface area contributed by atoms with Crippen molar-refractivity contribution in [3.63, 3.8) is 0 Å². The van der Waals surface area contributed by atoms with Gasteiger partial charge in [-0.15, -0.1) is 0 Å². The molecule has 11 nitrogen and oxygen atoms in total. The number of likely N-dealkylation sites (tertiary alicyclic amines) is 1. The molecule has 1 aromatic carbocycles. The highest BCUT2D eigenvalue weighted by Crippen LogP contribution is 2.46. The molecule has 0 aliphatic carbocycles. The number of hydrogen-bond acceptors (Lipinski definition) is 8. The monoisotopic (exact) mass is 651 g/mol. The second-order valence-corrected chi connectivity index (χ2v) is 13.3. The van der Waals surface area contributed by atoms with Gasteiger partial charge in [-0.1, -0.05) is 13.0 Å². The molecule has 0 spiro atoms. The number of carbonyl (C=O) groups excluding carboxylic acids is 3. The van der Waals surface area contributed by atoms with Crippen molar-refractivity contribution >= 4 is 57.6 Å². The Bertz CT molecular complexity index is 1530. The van der Waals surface area contributed by atoms with Crippen LogP contribution in [0, 0.1) is 6.92 Å². The molecule has 0 bridgehead atoms. The number of aromatic nitrogens is 3. The maximum atomic E-state index is 14.5.